The number of hydrogen-bond donors (Lipinski definition) is 4. The highest BCUT2D eigenvalue weighted by Gasteiger charge is 2.86. The van der Waals surface area contributed by atoms with Crippen LogP contribution in [0.4, 0.5) is 5.69 Å². The van der Waals surface area contributed by atoms with E-state index >= 15 is 0 Å². The summed E-state index contributed by atoms with van der Waals surface area (Å²) in [5.74, 6) is -6.06. The number of aliphatic hydroxyl groups is 3. The number of ketones is 3. The number of fused-ring (bicyclic) bond motifs is 1. The number of Topliss-reactive ketones (excluding diaryl/α,β-unsaturated/α-hetero) is 3. The molecule has 3 heterocycles. The summed E-state index contributed by atoms with van der Waals surface area (Å²) in [4.78, 5) is 84.5. The van der Waals surface area contributed by atoms with Gasteiger partial charge in [0.1, 0.15) is 16.9 Å². The van der Waals surface area contributed by atoms with Gasteiger partial charge in [-0.25, -0.2) is 4.79 Å². The molecule has 18 heteroatoms. The number of pyridine rings is 1. The number of anilines is 1. The van der Waals surface area contributed by atoms with Crippen LogP contribution >= 0.6 is 23.2 Å². The maximum absolute atomic E-state index is 14.8. The van der Waals surface area contributed by atoms with Gasteiger partial charge in [-0.2, -0.15) is 4.57 Å². The van der Waals surface area contributed by atoms with Crippen LogP contribution in [0.2, 0.25) is 10.0 Å². The lowest BCUT2D eigenvalue weighted by Gasteiger charge is -2.57. The van der Waals surface area contributed by atoms with Crippen LogP contribution in [-0.2, 0) is 52.9 Å². The second-order valence-electron chi connectivity index (χ2n) is 16.2. The Kier molecular flexibility index (Phi) is 12.7. The molecule has 0 radical (unpaired) electrons. The van der Waals surface area contributed by atoms with Crippen molar-refractivity contribution in [1.82, 2.24) is 4.90 Å². The molecule has 6 atom stereocenters. The van der Waals surface area contributed by atoms with E-state index in [1.165, 1.54) is 49.7 Å². The fourth-order valence-electron chi connectivity index (χ4n) is 9.09. The van der Waals surface area contributed by atoms with E-state index < -0.39 is 63.3 Å². The van der Waals surface area contributed by atoms with Crippen LogP contribution in [-0.4, -0.2) is 104 Å². The summed E-state index contributed by atoms with van der Waals surface area (Å²) in [6, 6.07) is 17.9. The first-order chi connectivity index (χ1) is 29.9. The van der Waals surface area contributed by atoms with E-state index in [1.54, 1.807) is 67.3 Å². The molecule has 6 rings (SSSR count). The number of methoxy groups -OCH3 is 2. The number of nitrogens with zero attached hydrogens (tertiary/aromatic N) is 3. The maximum Gasteiger partial charge on any atom is 0.336 e. The van der Waals surface area contributed by atoms with Crippen molar-refractivity contribution in [2.24, 2.45) is 0 Å². The molecule has 0 spiro atoms. The summed E-state index contributed by atoms with van der Waals surface area (Å²) in [7, 11) is 3.05. The van der Waals surface area contributed by atoms with Crippen LogP contribution < -0.4 is 18.9 Å². The third kappa shape index (κ3) is 6.94. The number of amides is 2. The van der Waals surface area contributed by atoms with Crippen molar-refractivity contribution in [3.63, 3.8) is 0 Å². The highest BCUT2D eigenvalue weighted by atomic mass is 35.5. The van der Waals surface area contributed by atoms with E-state index in [9.17, 15) is 49.2 Å². The van der Waals surface area contributed by atoms with Crippen LogP contribution in [0.5, 0.6) is 11.5 Å². The summed E-state index contributed by atoms with van der Waals surface area (Å²) in [6.07, 6.45) is -0.128. The number of halogens is 2. The fraction of sp³-hybridized carbons (Fsp3) is 0.370. The molecule has 0 aliphatic carbocycles. The zero-order valence-electron chi connectivity index (χ0n) is 36.3. The topological polar surface area (TPSA) is 221 Å². The van der Waals surface area contributed by atoms with Crippen LogP contribution in [0.15, 0.2) is 79.1 Å². The van der Waals surface area contributed by atoms with Gasteiger partial charge in [0, 0.05) is 58.0 Å². The zero-order valence-corrected chi connectivity index (χ0v) is 37.8. The third-order valence-corrected chi connectivity index (χ3v) is 13.3. The van der Waals surface area contributed by atoms with E-state index in [0.29, 0.717) is 58.3 Å². The SMILES string of the molecule is CCN(Cc1ccc[n+]([C@]2(C)O[C@H](C(=O)O)[C@](O)(C(C)=O)[C@@](O)(C(C)=O)[C@]2(O)C(C)=O)c1)C(=O)c1ccc(Cl)c(C2(C)C(=O)N(Cc3ccc(OC)cc3OC)c3ccc(Cl)cc32)c1. The first-order valence-electron chi connectivity index (χ1n) is 20.0. The van der Waals surface area contributed by atoms with Crippen LogP contribution in [0, 0.1) is 0 Å². The van der Waals surface area contributed by atoms with Gasteiger partial charge in [-0.15, -0.1) is 0 Å². The number of carboxylic acids is 1. The highest BCUT2D eigenvalue weighted by molar-refractivity contribution is 6.33. The lowest BCUT2D eigenvalue weighted by molar-refractivity contribution is -0.829. The van der Waals surface area contributed by atoms with Crippen molar-refractivity contribution in [2.45, 2.75) is 88.7 Å². The van der Waals surface area contributed by atoms with Gasteiger partial charge in [-0.3, -0.25) is 28.7 Å². The van der Waals surface area contributed by atoms with Gasteiger partial charge in [-0.1, -0.05) is 23.2 Å². The molecule has 0 bridgehead atoms. The number of rotatable bonds is 14. The van der Waals surface area contributed by atoms with Gasteiger partial charge in [0.2, 0.25) is 17.6 Å². The Balaban J connectivity index is 1.38. The number of benzene rings is 3. The molecule has 2 amide bonds. The minimum atomic E-state index is -3.74. The zero-order chi connectivity index (χ0) is 47.5. The quantitative estimate of drug-likeness (QED) is 0.132. The van der Waals surface area contributed by atoms with Crippen LogP contribution in [0.1, 0.15) is 74.2 Å². The number of carbonyl (C=O) groups is 6. The average Bonchev–Trinajstić information content (AvgIpc) is 3.46. The van der Waals surface area contributed by atoms with Gasteiger partial charge < -0.3 is 39.7 Å². The molecule has 4 N–H and O–H groups in total. The number of aliphatic carboxylic acids is 1. The van der Waals surface area contributed by atoms with E-state index in [0.717, 1.165) is 18.4 Å². The Hall–Kier alpha value is -5.75. The predicted molar refractivity (Wildman–Crippen MR) is 230 cm³/mol. The smallest absolute Gasteiger partial charge is 0.336 e. The number of aromatic nitrogens is 1. The molecule has 0 saturated carbocycles. The van der Waals surface area contributed by atoms with Crippen LogP contribution in [0.3, 0.4) is 0 Å². The standard InChI is InChI=1S/C46H47Cl2N3O13/c1-9-49(22-28-11-10-18-50(23-28)43(6)45(60,26(3)53)46(61,27(4)54)44(59,25(2)52)38(64-43)40(56)57)39(55)29-13-16-35(48)33(19-29)42(5)34-20-31(47)14-17-36(34)51(41(42)58)24-30-12-15-32(62-7)21-37(30)63-8/h10-21,23,38,59-61H,9,22,24H2,1-8H3/p+1/t38-,42?,43-,44-,45+,46+/m1/s1. The molecule has 3 aromatic carbocycles. The van der Waals surface area contributed by atoms with Gasteiger partial charge >= 0.3 is 11.7 Å². The predicted octanol–water partition coefficient (Wildman–Crippen LogP) is 3.93. The molecular weight excluding hydrogens is 873 g/mol. The van der Waals surface area contributed by atoms with Gasteiger partial charge in [0.15, 0.2) is 35.3 Å². The normalized spacial score (nSPS) is 26.2. The van der Waals surface area contributed by atoms with Gasteiger partial charge in [0.05, 0.1) is 27.3 Å². The minimum Gasteiger partial charge on any atom is -0.497 e. The maximum atomic E-state index is 14.8. The average molecular weight is 922 g/mol. The first-order valence-corrected chi connectivity index (χ1v) is 20.7. The van der Waals surface area contributed by atoms with Crippen molar-refractivity contribution in [3.05, 3.63) is 117 Å². The summed E-state index contributed by atoms with van der Waals surface area (Å²) in [5.41, 5.74) is -12.3. The van der Waals surface area contributed by atoms with Crippen molar-refractivity contribution in [2.75, 3.05) is 25.7 Å². The Bertz CT molecular complexity index is 2620. The molecular formula is C46H48Cl2N3O13+. The van der Waals surface area contributed by atoms with E-state index in [1.807, 2.05) is 0 Å². The lowest BCUT2D eigenvalue weighted by atomic mass is 9.57. The summed E-state index contributed by atoms with van der Waals surface area (Å²) in [6.45, 7) is 6.68. The van der Waals surface area contributed by atoms with E-state index in [-0.39, 0.29) is 36.1 Å². The highest BCUT2D eigenvalue weighted by Crippen LogP contribution is 2.52. The second kappa shape index (κ2) is 17.0. The molecule has 4 aromatic rings. The molecule has 64 heavy (non-hydrogen) atoms. The van der Waals surface area contributed by atoms with Crippen molar-refractivity contribution in [3.8, 4) is 11.5 Å². The van der Waals surface area contributed by atoms with Crippen molar-refractivity contribution >= 4 is 64.0 Å². The minimum absolute atomic E-state index is 0.115. The van der Waals surface area contributed by atoms with Crippen molar-refractivity contribution in [1.29, 1.82) is 0 Å². The number of ether oxygens (including phenoxy) is 3. The fourth-order valence-corrected chi connectivity index (χ4v) is 9.56. The Morgan fingerprint density at radius 2 is 1.53 bits per heavy atom. The van der Waals surface area contributed by atoms with E-state index in [4.69, 9.17) is 37.4 Å². The molecule has 1 fully saturated rings. The summed E-state index contributed by atoms with van der Waals surface area (Å²) in [5, 5.41) is 46.6. The lowest BCUT2D eigenvalue weighted by Crippen LogP contribution is -2.92. The number of hydrogen-bond acceptors (Lipinski definition) is 12. The van der Waals surface area contributed by atoms with E-state index in [2.05, 4.69) is 0 Å². The molecule has 1 saturated heterocycles. The van der Waals surface area contributed by atoms with Crippen molar-refractivity contribution < 1.29 is 68.0 Å². The van der Waals surface area contributed by atoms with Gasteiger partial charge in [0.25, 0.3) is 11.5 Å². The third-order valence-electron chi connectivity index (χ3n) is 12.7. The number of carboxylic acid groups (broad SMARTS) is 1. The van der Waals surface area contributed by atoms with Gasteiger partial charge in [-0.05, 0) is 100 Å². The summed E-state index contributed by atoms with van der Waals surface area (Å²) < 4.78 is 17.8. The molecule has 1 unspecified atom stereocenters. The summed E-state index contributed by atoms with van der Waals surface area (Å²) >= 11 is 13.4. The Morgan fingerprint density at radius 1 is 0.859 bits per heavy atom. The Morgan fingerprint density at radius 3 is 2.11 bits per heavy atom. The molecule has 338 valence electrons. The number of carbonyl (C=O) groups excluding carboxylic acids is 5. The molecule has 2 aliphatic heterocycles. The van der Waals surface area contributed by atoms with Crippen LogP contribution in [0.25, 0.3) is 0 Å². The molecule has 1 aromatic heterocycles. The first kappa shape index (κ1) is 47.7. The largest absolute Gasteiger partial charge is 0.497 e. The second-order valence-corrected chi connectivity index (χ2v) is 17.0. The monoisotopic (exact) mass is 920 g/mol. The Labute approximate surface area is 378 Å². The molecule has 16 nitrogen and oxygen atoms in total. The molecule has 2 aliphatic rings.